The fourth-order valence-electron chi connectivity index (χ4n) is 3.53. The van der Waals surface area contributed by atoms with Crippen LogP contribution in [-0.2, 0) is 17.8 Å². The second kappa shape index (κ2) is 8.80. The Balaban J connectivity index is 1.47. The highest BCUT2D eigenvalue weighted by Gasteiger charge is 2.41. The minimum Gasteiger partial charge on any atom is -0.379 e. The van der Waals surface area contributed by atoms with Crippen molar-refractivity contribution in [1.29, 1.82) is 0 Å². The maximum absolute atomic E-state index is 12.8. The highest BCUT2D eigenvalue weighted by atomic mass is 32.1. The monoisotopic (exact) mass is 372 g/mol. The molecule has 5 heteroatoms. The van der Waals surface area contributed by atoms with E-state index in [0.29, 0.717) is 26.1 Å². The van der Waals surface area contributed by atoms with Crippen molar-refractivity contribution in [2.45, 2.75) is 44.8 Å². The Bertz CT molecular complexity index is 716. The van der Waals surface area contributed by atoms with Gasteiger partial charge in [-0.05, 0) is 50.3 Å². The molecule has 3 rings (SSSR count). The second-order valence-electron chi connectivity index (χ2n) is 7.13. The van der Waals surface area contributed by atoms with E-state index in [1.807, 2.05) is 23.1 Å². The number of rotatable bonds is 8. The number of carbonyl (C=O) groups excluding carboxylic acids is 1. The topological polar surface area (TPSA) is 52.6 Å². The van der Waals surface area contributed by atoms with Crippen LogP contribution in [0.4, 0.5) is 0 Å². The quantitative estimate of drug-likeness (QED) is 0.748. The summed E-state index contributed by atoms with van der Waals surface area (Å²) in [6, 6.07) is 14.5. The molecular weight excluding hydrogens is 344 g/mol. The Morgan fingerprint density at radius 3 is 2.77 bits per heavy atom. The number of piperidine rings is 1. The molecule has 1 atom stereocenters. The van der Waals surface area contributed by atoms with Gasteiger partial charge in [0, 0.05) is 35.9 Å². The standard InChI is InChI=1S/C21H28N2O2S/c1-17-10-11-19(26-17)15-22-16-21(25)12-6-14-23(20(21)24)13-5-9-18-7-3-2-4-8-18/h2-4,7-8,10-11,22,25H,5-6,9,12-16H2,1H3. The van der Waals surface area contributed by atoms with E-state index in [-0.39, 0.29) is 5.91 Å². The fraction of sp³-hybridized carbons (Fsp3) is 0.476. The van der Waals surface area contributed by atoms with Crippen LogP contribution in [0.2, 0.25) is 0 Å². The Morgan fingerprint density at radius 1 is 1.23 bits per heavy atom. The predicted molar refractivity (Wildman–Crippen MR) is 106 cm³/mol. The van der Waals surface area contributed by atoms with Crippen molar-refractivity contribution >= 4 is 17.2 Å². The van der Waals surface area contributed by atoms with Crippen molar-refractivity contribution in [1.82, 2.24) is 10.2 Å². The van der Waals surface area contributed by atoms with Gasteiger partial charge < -0.3 is 15.3 Å². The van der Waals surface area contributed by atoms with E-state index in [1.165, 1.54) is 15.3 Å². The zero-order valence-corrected chi connectivity index (χ0v) is 16.2. The lowest BCUT2D eigenvalue weighted by Gasteiger charge is -2.38. The first-order chi connectivity index (χ1) is 12.6. The van der Waals surface area contributed by atoms with Crippen molar-refractivity contribution < 1.29 is 9.90 Å². The summed E-state index contributed by atoms with van der Waals surface area (Å²) in [4.78, 5) is 17.1. The first-order valence-electron chi connectivity index (χ1n) is 9.38. The number of nitrogens with one attached hydrogen (secondary N) is 1. The van der Waals surface area contributed by atoms with Crippen LogP contribution in [0.25, 0.3) is 0 Å². The maximum atomic E-state index is 12.8. The van der Waals surface area contributed by atoms with E-state index < -0.39 is 5.60 Å². The van der Waals surface area contributed by atoms with Gasteiger partial charge in [0.05, 0.1) is 0 Å². The average molecular weight is 373 g/mol. The van der Waals surface area contributed by atoms with Gasteiger partial charge in [0.1, 0.15) is 0 Å². The third kappa shape index (κ3) is 4.93. The molecule has 1 unspecified atom stereocenters. The van der Waals surface area contributed by atoms with Crippen LogP contribution in [0.1, 0.15) is 34.6 Å². The zero-order valence-electron chi connectivity index (χ0n) is 15.4. The van der Waals surface area contributed by atoms with Crippen molar-refractivity contribution in [2.75, 3.05) is 19.6 Å². The first kappa shape index (κ1) is 19.1. The molecule has 0 radical (unpaired) electrons. The number of likely N-dealkylation sites (tertiary alicyclic amines) is 1. The van der Waals surface area contributed by atoms with Crippen LogP contribution in [0.15, 0.2) is 42.5 Å². The molecule has 2 heterocycles. The minimum atomic E-state index is -1.27. The molecule has 1 saturated heterocycles. The molecule has 0 saturated carbocycles. The van der Waals surface area contributed by atoms with Crippen LogP contribution in [0.3, 0.4) is 0 Å². The minimum absolute atomic E-state index is 0.119. The molecule has 0 spiro atoms. The summed E-state index contributed by atoms with van der Waals surface area (Å²) < 4.78 is 0. The van der Waals surface area contributed by atoms with Gasteiger partial charge in [-0.15, -0.1) is 11.3 Å². The Labute approximate surface area is 159 Å². The lowest BCUT2D eigenvalue weighted by atomic mass is 9.91. The molecule has 140 valence electrons. The molecule has 1 aromatic heterocycles. The van der Waals surface area contributed by atoms with Crippen LogP contribution < -0.4 is 5.32 Å². The fourth-order valence-corrected chi connectivity index (χ4v) is 4.39. The van der Waals surface area contributed by atoms with Gasteiger partial charge in [-0.2, -0.15) is 0 Å². The van der Waals surface area contributed by atoms with Crippen molar-refractivity contribution in [3.63, 3.8) is 0 Å². The number of thiophene rings is 1. The van der Waals surface area contributed by atoms with Crippen LogP contribution >= 0.6 is 11.3 Å². The van der Waals surface area contributed by atoms with Crippen LogP contribution in [0, 0.1) is 6.92 Å². The first-order valence-corrected chi connectivity index (χ1v) is 10.2. The van der Waals surface area contributed by atoms with E-state index in [0.717, 1.165) is 25.8 Å². The summed E-state index contributed by atoms with van der Waals surface area (Å²) in [5.41, 5.74) is 0.0252. The second-order valence-corrected chi connectivity index (χ2v) is 8.50. The van der Waals surface area contributed by atoms with Gasteiger partial charge >= 0.3 is 0 Å². The van der Waals surface area contributed by atoms with Gasteiger partial charge in [0.2, 0.25) is 0 Å². The molecule has 1 aliphatic rings. The molecule has 0 bridgehead atoms. The van der Waals surface area contributed by atoms with Gasteiger partial charge in [-0.25, -0.2) is 0 Å². The highest BCUT2D eigenvalue weighted by molar-refractivity contribution is 7.11. The highest BCUT2D eigenvalue weighted by Crippen LogP contribution is 2.23. The molecular formula is C21H28N2O2S. The van der Waals surface area contributed by atoms with Crippen molar-refractivity contribution in [3.05, 3.63) is 57.8 Å². The predicted octanol–water partition coefficient (Wildman–Crippen LogP) is 3.13. The molecule has 2 aromatic rings. The van der Waals surface area contributed by atoms with Crippen molar-refractivity contribution in [2.24, 2.45) is 0 Å². The Kier molecular flexibility index (Phi) is 6.46. The number of benzene rings is 1. The van der Waals surface area contributed by atoms with Gasteiger partial charge in [-0.3, -0.25) is 4.79 Å². The molecule has 1 fully saturated rings. The number of nitrogens with zero attached hydrogens (tertiary/aromatic N) is 1. The Hall–Kier alpha value is -1.69. The van der Waals surface area contributed by atoms with Crippen LogP contribution in [0.5, 0.6) is 0 Å². The van der Waals surface area contributed by atoms with Crippen LogP contribution in [-0.4, -0.2) is 41.1 Å². The lowest BCUT2D eigenvalue weighted by Crippen LogP contribution is -2.58. The summed E-state index contributed by atoms with van der Waals surface area (Å²) in [5, 5.41) is 14.1. The molecule has 26 heavy (non-hydrogen) atoms. The Morgan fingerprint density at radius 2 is 2.04 bits per heavy atom. The summed E-state index contributed by atoms with van der Waals surface area (Å²) in [6.45, 7) is 4.56. The largest absolute Gasteiger partial charge is 0.379 e. The van der Waals surface area contributed by atoms with Gasteiger partial charge in [-0.1, -0.05) is 30.3 Å². The third-order valence-electron chi connectivity index (χ3n) is 4.95. The third-order valence-corrected chi connectivity index (χ3v) is 5.95. The van der Waals surface area contributed by atoms with E-state index in [4.69, 9.17) is 0 Å². The van der Waals surface area contributed by atoms with E-state index in [9.17, 15) is 9.90 Å². The number of aliphatic hydroxyl groups is 1. The molecule has 1 aliphatic heterocycles. The van der Waals surface area contributed by atoms with Crippen molar-refractivity contribution in [3.8, 4) is 0 Å². The molecule has 4 nitrogen and oxygen atoms in total. The number of carbonyl (C=O) groups is 1. The average Bonchev–Trinajstić information content (AvgIpc) is 3.05. The lowest BCUT2D eigenvalue weighted by molar-refractivity contribution is -0.156. The zero-order chi connectivity index (χ0) is 18.4. The molecule has 0 aliphatic carbocycles. The number of hydrogen-bond acceptors (Lipinski definition) is 4. The smallest absolute Gasteiger partial charge is 0.255 e. The van der Waals surface area contributed by atoms with E-state index >= 15 is 0 Å². The van der Waals surface area contributed by atoms with Gasteiger partial charge in [0.15, 0.2) is 5.60 Å². The number of amides is 1. The number of aryl methyl sites for hydroxylation is 2. The molecule has 1 amide bonds. The van der Waals surface area contributed by atoms with Gasteiger partial charge in [0.25, 0.3) is 5.91 Å². The van der Waals surface area contributed by atoms with E-state index in [1.54, 1.807) is 11.3 Å². The summed E-state index contributed by atoms with van der Waals surface area (Å²) in [7, 11) is 0. The van der Waals surface area contributed by atoms with E-state index in [2.05, 4.69) is 36.5 Å². The molecule has 2 N–H and O–H groups in total. The normalized spacial score (nSPS) is 20.5. The maximum Gasteiger partial charge on any atom is 0.255 e. The summed E-state index contributed by atoms with van der Waals surface area (Å²) in [6.07, 6.45) is 3.28. The number of hydrogen-bond donors (Lipinski definition) is 2. The SMILES string of the molecule is Cc1ccc(CNCC2(O)CCCN(CCCc3ccccc3)C2=O)s1. The summed E-state index contributed by atoms with van der Waals surface area (Å²) >= 11 is 1.74. The molecule has 1 aromatic carbocycles. The summed E-state index contributed by atoms with van der Waals surface area (Å²) in [5.74, 6) is -0.119.